The fourth-order valence-electron chi connectivity index (χ4n) is 7.86. The summed E-state index contributed by atoms with van der Waals surface area (Å²) in [6.07, 6.45) is -0.826. The van der Waals surface area contributed by atoms with E-state index >= 15 is 8.78 Å². The second-order valence-electron chi connectivity index (χ2n) is 11.2. The summed E-state index contributed by atoms with van der Waals surface area (Å²) in [7, 11) is 0. The van der Waals surface area contributed by atoms with Gasteiger partial charge in [-0.05, 0) is 79.6 Å². The summed E-state index contributed by atoms with van der Waals surface area (Å²) in [5.41, 5.74) is -5.89. The second-order valence-corrected chi connectivity index (χ2v) is 12.0. The topological polar surface area (TPSA) is 93.8 Å². The first kappa shape index (κ1) is 26.3. The van der Waals surface area contributed by atoms with Gasteiger partial charge in [0.1, 0.15) is 18.3 Å². The number of furan rings is 1. The average Bonchev–Trinajstić information content (AvgIpc) is 3.45. The Labute approximate surface area is 216 Å². The van der Waals surface area contributed by atoms with Gasteiger partial charge in [0.2, 0.25) is 10.9 Å². The first-order chi connectivity index (χ1) is 17.4. The Kier molecular flexibility index (Phi) is 6.30. The molecule has 0 aliphatic heterocycles. The first-order valence-corrected chi connectivity index (χ1v) is 13.3. The van der Waals surface area contributed by atoms with E-state index in [-0.39, 0.29) is 47.4 Å². The molecule has 5 rings (SSSR count). The highest BCUT2D eigenvalue weighted by molar-refractivity contribution is 8.14. The smallest absolute Gasteiger partial charge is 0.374 e. The normalized spacial score (nSPS) is 42.7. The highest BCUT2D eigenvalue weighted by Crippen LogP contribution is 2.70. The SMILES string of the molecule is C[C@@H]1C[C@H]2[C@@H]3C[C@H](F)C4=CC(=O)C=C(C(=O)SCF)[C@]4(C)[C@@]3(F)[C@@H](O)C[C@]2(C)[C@@H]1OC(=O)c1ccco1. The molecule has 0 bridgehead atoms. The molecule has 37 heavy (non-hydrogen) atoms. The lowest BCUT2D eigenvalue weighted by Gasteiger charge is -2.63. The Balaban J connectivity index is 1.57. The first-order valence-electron chi connectivity index (χ1n) is 12.4. The lowest BCUT2D eigenvalue weighted by molar-refractivity contribution is -0.209. The van der Waals surface area contributed by atoms with Crippen molar-refractivity contribution in [3.63, 3.8) is 0 Å². The largest absolute Gasteiger partial charge is 0.457 e. The van der Waals surface area contributed by atoms with Crippen LogP contribution in [0.2, 0.25) is 0 Å². The molecule has 3 saturated carbocycles. The van der Waals surface area contributed by atoms with Crippen LogP contribution in [0.25, 0.3) is 0 Å². The van der Waals surface area contributed by atoms with Crippen molar-refractivity contribution in [1.29, 1.82) is 0 Å². The summed E-state index contributed by atoms with van der Waals surface area (Å²) in [4.78, 5) is 38.0. The van der Waals surface area contributed by atoms with Crippen LogP contribution in [0.3, 0.4) is 0 Å². The van der Waals surface area contributed by atoms with Crippen LogP contribution in [-0.4, -0.2) is 52.0 Å². The molecule has 6 nitrogen and oxygen atoms in total. The maximum Gasteiger partial charge on any atom is 0.374 e. The minimum Gasteiger partial charge on any atom is -0.457 e. The minimum atomic E-state index is -2.51. The standard InChI is InChI=1S/C27H29F3O6S/c1-13-7-15-16-10-19(29)17-8-14(31)9-18(24(34)37-12-28)26(17,3)27(16,30)21(32)11-25(15,2)22(13)36-23(33)20-5-4-6-35-20/h4-6,8-9,13,15-16,19,21-22,32H,7,10-12H2,1-3H3/t13-,15+,16+,19+,21+,22-,25+,26-,27+/m1/s1. The van der Waals surface area contributed by atoms with Crippen molar-refractivity contribution >= 4 is 28.6 Å². The Bertz CT molecular complexity index is 1200. The summed E-state index contributed by atoms with van der Waals surface area (Å²) in [5, 5.41) is 10.6. The maximum atomic E-state index is 17.6. The van der Waals surface area contributed by atoms with Gasteiger partial charge in [0.25, 0.3) is 0 Å². The van der Waals surface area contributed by atoms with Gasteiger partial charge in [-0.3, -0.25) is 9.59 Å². The van der Waals surface area contributed by atoms with Gasteiger partial charge in [-0.2, -0.15) is 0 Å². The van der Waals surface area contributed by atoms with Crippen molar-refractivity contribution < 1.29 is 41.8 Å². The zero-order valence-corrected chi connectivity index (χ0v) is 21.5. The van der Waals surface area contributed by atoms with Crippen LogP contribution < -0.4 is 0 Å². The molecule has 0 spiro atoms. The van der Waals surface area contributed by atoms with Crippen molar-refractivity contribution in [2.45, 2.75) is 64.1 Å². The number of thioether (sulfide) groups is 1. The molecule has 0 aromatic carbocycles. The van der Waals surface area contributed by atoms with Crippen LogP contribution in [-0.2, 0) is 14.3 Å². The van der Waals surface area contributed by atoms with Crippen molar-refractivity contribution in [2.24, 2.45) is 28.6 Å². The van der Waals surface area contributed by atoms with Gasteiger partial charge in [0.15, 0.2) is 11.5 Å². The average molecular weight is 539 g/mol. The van der Waals surface area contributed by atoms with Crippen LogP contribution in [0.1, 0.15) is 50.6 Å². The van der Waals surface area contributed by atoms with E-state index in [0.717, 1.165) is 12.2 Å². The van der Waals surface area contributed by atoms with E-state index in [1.807, 2.05) is 13.8 Å². The monoisotopic (exact) mass is 538 g/mol. The fourth-order valence-corrected chi connectivity index (χ4v) is 8.38. The number of ether oxygens (including phenoxy) is 1. The van der Waals surface area contributed by atoms with Crippen LogP contribution in [0, 0.1) is 28.6 Å². The number of hydrogen-bond acceptors (Lipinski definition) is 7. The number of rotatable bonds is 4. The zero-order chi connectivity index (χ0) is 26.9. The summed E-state index contributed by atoms with van der Waals surface area (Å²) >= 11 is 0.269. The van der Waals surface area contributed by atoms with Crippen molar-refractivity contribution in [3.8, 4) is 0 Å². The van der Waals surface area contributed by atoms with E-state index in [4.69, 9.17) is 9.15 Å². The predicted octanol–water partition coefficient (Wildman–Crippen LogP) is 4.93. The van der Waals surface area contributed by atoms with Gasteiger partial charge in [-0.1, -0.05) is 13.8 Å². The number of aliphatic hydroxyl groups is 1. The molecular formula is C27H29F3O6S. The number of carbonyl (C=O) groups excluding carboxylic acids is 3. The van der Waals surface area contributed by atoms with Crippen LogP contribution in [0.5, 0.6) is 0 Å². The maximum absolute atomic E-state index is 17.6. The Hall–Kier alpha value is -2.33. The van der Waals surface area contributed by atoms with Crippen molar-refractivity contribution in [1.82, 2.24) is 0 Å². The van der Waals surface area contributed by atoms with Crippen LogP contribution in [0.15, 0.2) is 46.1 Å². The number of fused-ring (bicyclic) bond motifs is 5. The number of carbonyl (C=O) groups is 3. The molecule has 0 unspecified atom stereocenters. The number of esters is 1. The number of allylic oxidation sites excluding steroid dienone is 3. The molecule has 0 amide bonds. The second kappa shape index (κ2) is 8.86. The number of halogens is 3. The molecule has 1 heterocycles. The third-order valence-corrected chi connectivity index (χ3v) is 10.0. The highest BCUT2D eigenvalue weighted by Gasteiger charge is 2.75. The number of hydrogen-bond donors (Lipinski definition) is 1. The quantitative estimate of drug-likeness (QED) is 0.544. The number of aliphatic hydroxyl groups excluding tert-OH is 1. The van der Waals surface area contributed by atoms with Gasteiger partial charge < -0.3 is 14.3 Å². The molecule has 1 aromatic rings. The molecule has 4 aliphatic carbocycles. The Morgan fingerprint density at radius 2 is 1.97 bits per heavy atom. The molecule has 4 aliphatic rings. The Morgan fingerprint density at radius 3 is 2.62 bits per heavy atom. The van der Waals surface area contributed by atoms with Crippen molar-refractivity contribution in [3.05, 3.63) is 47.5 Å². The summed E-state index contributed by atoms with van der Waals surface area (Å²) in [6.45, 7) is 5.02. The molecule has 9 atom stereocenters. The lowest BCUT2D eigenvalue weighted by Crippen LogP contribution is -2.69. The van der Waals surface area contributed by atoms with Gasteiger partial charge in [0.05, 0.1) is 17.8 Å². The van der Waals surface area contributed by atoms with Gasteiger partial charge in [-0.15, -0.1) is 0 Å². The fraction of sp³-hybridized carbons (Fsp3) is 0.593. The molecule has 0 radical (unpaired) electrons. The molecule has 3 fully saturated rings. The molecule has 1 N–H and O–H groups in total. The molecule has 200 valence electrons. The Morgan fingerprint density at radius 1 is 1.24 bits per heavy atom. The van der Waals surface area contributed by atoms with Crippen molar-refractivity contribution in [2.75, 3.05) is 6.01 Å². The lowest BCUT2D eigenvalue weighted by atomic mass is 9.44. The third kappa shape index (κ3) is 3.54. The third-order valence-electron chi connectivity index (χ3n) is 9.41. The van der Waals surface area contributed by atoms with E-state index in [9.17, 15) is 23.9 Å². The molecule has 10 heteroatoms. The summed E-state index contributed by atoms with van der Waals surface area (Å²) in [5.74, 6) is -3.10. The van der Waals surface area contributed by atoms with E-state index in [2.05, 4.69) is 0 Å². The van der Waals surface area contributed by atoms with E-state index in [1.54, 1.807) is 6.07 Å². The van der Waals surface area contributed by atoms with Gasteiger partial charge in [-0.25, -0.2) is 18.0 Å². The van der Waals surface area contributed by atoms with Gasteiger partial charge >= 0.3 is 5.97 Å². The highest BCUT2D eigenvalue weighted by atomic mass is 32.2. The van der Waals surface area contributed by atoms with Gasteiger partial charge in [0, 0.05) is 16.9 Å². The summed E-state index contributed by atoms with van der Waals surface area (Å²) in [6, 6.07) is 1.93. The van der Waals surface area contributed by atoms with E-state index in [1.165, 1.54) is 19.3 Å². The molecule has 1 aromatic heterocycles. The van der Waals surface area contributed by atoms with Crippen LogP contribution in [0.4, 0.5) is 13.2 Å². The predicted molar refractivity (Wildman–Crippen MR) is 129 cm³/mol. The van der Waals surface area contributed by atoms with E-state index in [0.29, 0.717) is 6.42 Å². The number of ketones is 1. The molecular weight excluding hydrogens is 509 g/mol. The number of alkyl halides is 3. The minimum absolute atomic E-state index is 0.0183. The zero-order valence-electron chi connectivity index (χ0n) is 20.7. The van der Waals surface area contributed by atoms with Crippen LogP contribution >= 0.6 is 11.8 Å². The summed E-state index contributed by atoms with van der Waals surface area (Å²) < 4.78 is 57.5. The van der Waals surface area contributed by atoms with E-state index < -0.39 is 69.6 Å². The molecule has 0 saturated heterocycles.